The smallest absolute Gasteiger partial charge is 0.312 e. The first-order chi connectivity index (χ1) is 10.0. The van der Waals surface area contributed by atoms with Crippen molar-refractivity contribution in [2.24, 2.45) is 0 Å². The Kier molecular flexibility index (Phi) is 4.49. The minimum Gasteiger partial charge on any atom is -0.430 e. The Morgan fingerprint density at radius 2 is 2.19 bits per heavy atom. The summed E-state index contributed by atoms with van der Waals surface area (Å²) in [5.74, 6) is 0.277. The molecule has 1 heterocycles. The minimum absolute atomic E-state index is 0.122. The van der Waals surface area contributed by atoms with E-state index in [-0.39, 0.29) is 22.5 Å². The summed E-state index contributed by atoms with van der Waals surface area (Å²) in [7, 11) is 0. The van der Waals surface area contributed by atoms with E-state index in [0.29, 0.717) is 12.0 Å². The van der Waals surface area contributed by atoms with Crippen LogP contribution in [0.25, 0.3) is 0 Å². The lowest BCUT2D eigenvalue weighted by Gasteiger charge is -2.10. The highest BCUT2D eigenvalue weighted by molar-refractivity contribution is 6.29. The second-order valence-corrected chi connectivity index (χ2v) is 4.71. The molecular formula is C14H12ClN3O3. The summed E-state index contributed by atoms with van der Waals surface area (Å²) in [5, 5.41) is 18.8. The number of rotatable bonds is 5. The lowest BCUT2D eigenvalue weighted by Crippen LogP contribution is -2.00. The number of hydrogen-bond donors (Lipinski definition) is 0. The van der Waals surface area contributed by atoms with Crippen molar-refractivity contribution < 1.29 is 9.66 Å². The van der Waals surface area contributed by atoms with Crippen LogP contribution in [0.2, 0.25) is 5.15 Å². The predicted molar refractivity (Wildman–Crippen MR) is 78.9 cm³/mol. The maximum absolute atomic E-state index is 11.2. The standard InChI is InChI=1S/C14H12ClN3O3/c1-3-4-10-7-9(2)8-11(18(19)20)14(10)21-13-6-5-12(15)16-17-13/h3,5-8H,1,4H2,2H3. The van der Waals surface area contributed by atoms with Crippen molar-refractivity contribution >= 4 is 17.3 Å². The minimum atomic E-state index is -0.488. The SMILES string of the molecule is C=CCc1cc(C)cc([N+](=O)[O-])c1Oc1ccc(Cl)nn1. The number of aromatic nitrogens is 2. The third-order valence-corrected chi connectivity index (χ3v) is 2.87. The molecule has 0 saturated carbocycles. The van der Waals surface area contributed by atoms with Gasteiger partial charge in [-0.1, -0.05) is 23.7 Å². The van der Waals surface area contributed by atoms with Crippen molar-refractivity contribution in [1.82, 2.24) is 10.2 Å². The van der Waals surface area contributed by atoms with E-state index in [1.165, 1.54) is 18.2 Å². The summed E-state index contributed by atoms with van der Waals surface area (Å²) in [6, 6.07) is 6.26. The van der Waals surface area contributed by atoms with E-state index in [9.17, 15) is 10.1 Å². The second kappa shape index (κ2) is 6.32. The fourth-order valence-electron chi connectivity index (χ4n) is 1.85. The molecule has 0 aliphatic heterocycles. The van der Waals surface area contributed by atoms with Crippen LogP contribution in [0.15, 0.2) is 36.9 Å². The molecule has 0 atom stereocenters. The van der Waals surface area contributed by atoms with E-state index in [0.717, 1.165) is 5.56 Å². The molecule has 0 fully saturated rings. The summed E-state index contributed by atoms with van der Waals surface area (Å²) in [5.41, 5.74) is 1.31. The van der Waals surface area contributed by atoms with E-state index in [4.69, 9.17) is 16.3 Å². The lowest BCUT2D eigenvalue weighted by molar-refractivity contribution is -0.385. The topological polar surface area (TPSA) is 78.2 Å². The third kappa shape index (κ3) is 3.55. The van der Waals surface area contributed by atoms with Gasteiger partial charge in [0.2, 0.25) is 11.6 Å². The zero-order chi connectivity index (χ0) is 15.4. The van der Waals surface area contributed by atoms with Crippen LogP contribution in [-0.2, 0) is 6.42 Å². The van der Waals surface area contributed by atoms with E-state index in [1.54, 1.807) is 13.0 Å². The van der Waals surface area contributed by atoms with E-state index >= 15 is 0 Å². The Morgan fingerprint density at radius 1 is 1.43 bits per heavy atom. The molecule has 0 radical (unpaired) electrons. The average molecular weight is 306 g/mol. The van der Waals surface area contributed by atoms with Gasteiger partial charge >= 0.3 is 5.69 Å². The molecule has 0 aliphatic rings. The van der Waals surface area contributed by atoms with E-state index in [2.05, 4.69) is 16.8 Å². The fourth-order valence-corrected chi connectivity index (χ4v) is 1.95. The van der Waals surface area contributed by atoms with Crippen molar-refractivity contribution in [3.05, 3.63) is 63.3 Å². The summed E-state index contributed by atoms with van der Waals surface area (Å²) in [6.45, 7) is 5.43. The maximum atomic E-state index is 11.2. The van der Waals surface area contributed by atoms with Gasteiger partial charge in [0, 0.05) is 17.7 Å². The zero-order valence-corrected chi connectivity index (χ0v) is 12.0. The highest BCUT2D eigenvalue weighted by Gasteiger charge is 2.21. The lowest BCUT2D eigenvalue weighted by atomic mass is 10.1. The third-order valence-electron chi connectivity index (χ3n) is 2.67. The van der Waals surface area contributed by atoms with Crippen molar-refractivity contribution in [2.45, 2.75) is 13.3 Å². The number of halogens is 1. The van der Waals surface area contributed by atoms with Crippen LogP contribution in [0.4, 0.5) is 5.69 Å². The van der Waals surface area contributed by atoms with Gasteiger partial charge < -0.3 is 4.74 Å². The summed E-state index contributed by atoms with van der Waals surface area (Å²) in [6.07, 6.45) is 2.10. The van der Waals surface area contributed by atoms with Gasteiger partial charge in [0.05, 0.1) is 4.92 Å². The van der Waals surface area contributed by atoms with E-state index in [1.807, 2.05) is 6.07 Å². The molecular weight excluding hydrogens is 294 g/mol. The molecule has 0 amide bonds. The number of nitrogens with zero attached hydrogens (tertiary/aromatic N) is 3. The van der Waals surface area contributed by atoms with Gasteiger partial charge in [-0.25, -0.2) is 0 Å². The molecule has 21 heavy (non-hydrogen) atoms. The van der Waals surface area contributed by atoms with Gasteiger partial charge in [0.15, 0.2) is 5.15 Å². The molecule has 0 aliphatic carbocycles. The zero-order valence-electron chi connectivity index (χ0n) is 11.2. The van der Waals surface area contributed by atoms with Gasteiger partial charge in [0.25, 0.3) is 0 Å². The normalized spacial score (nSPS) is 10.2. The highest BCUT2D eigenvalue weighted by Crippen LogP contribution is 2.36. The van der Waals surface area contributed by atoms with Crippen LogP contribution >= 0.6 is 11.6 Å². The Balaban J connectivity index is 2.50. The van der Waals surface area contributed by atoms with Crippen LogP contribution < -0.4 is 4.74 Å². The van der Waals surface area contributed by atoms with Gasteiger partial charge in [-0.15, -0.1) is 16.8 Å². The van der Waals surface area contributed by atoms with Crippen molar-refractivity contribution in [3.8, 4) is 11.6 Å². The molecule has 0 saturated heterocycles. The monoisotopic (exact) mass is 305 g/mol. The van der Waals surface area contributed by atoms with Crippen LogP contribution in [-0.4, -0.2) is 15.1 Å². The predicted octanol–water partition coefficient (Wildman–Crippen LogP) is 3.87. The Labute approximate surface area is 126 Å². The molecule has 7 heteroatoms. The Bertz CT molecular complexity index is 687. The van der Waals surface area contributed by atoms with Crippen molar-refractivity contribution in [3.63, 3.8) is 0 Å². The summed E-state index contributed by atoms with van der Waals surface area (Å²) in [4.78, 5) is 10.7. The molecule has 0 bridgehead atoms. The molecule has 1 aromatic heterocycles. The molecule has 6 nitrogen and oxygen atoms in total. The quantitative estimate of drug-likeness (QED) is 0.476. The van der Waals surface area contributed by atoms with Crippen molar-refractivity contribution in [1.29, 1.82) is 0 Å². The van der Waals surface area contributed by atoms with E-state index < -0.39 is 4.92 Å². The Hall–Kier alpha value is -2.47. The van der Waals surface area contributed by atoms with Crippen LogP contribution in [0.5, 0.6) is 11.6 Å². The van der Waals surface area contributed by atoms with Crippen LogP contribution in [0.3, 0.4) is 0 Å². The van der Waals surface area contributed by atoms with Crippen molar-refractivity contribution in [2.75, 3.05) is 0 Å². The summed E-state index contributed by atoms with van der Waals surface area (Å²) < 4.78 is 5.54. The second-order valence-electron chi connectivity index (χ2n) is 4.32. The molecule has 2 rings (SSSR count). The maximum Gasteiger partial charge on any atom is 0.312 e. The number of nitro benzene ring substituents is 1. The van der Waals surface area contributed by atoms with Crippen LogP contribution in [0, 0.1) is 17.0 Å². The number of hydrogen-bond acceptors (Lipinski definition) is 5. The molecule has 108 valence electrons. The largest absolute Gasteiger partial charge is 0.430 e. The molecule has 1 aromatic carbocycles. The number of allylic oxidation sites excluding steroid dienone is 1. The molecule has 2 aromatic rings. The van der Waals surface area contributed by atoms with Crippen LogP contribution in [0.1, 0.15) is 11.1 Å². The van der Waals surface area contributed by atoms with Gasteiger partial charge in [-0.05, 0) is 25.0 Å². The number of benzene rings is 1. The fraction of sp³-hybridized carbons (Fsp3) is 0.143. The highest BCUT2D eigenvalue weighted by atomic mass is 35.5. The summed E-state index contributed by atoms with van der Waals surface area (Å²) >= 11 is 5.65. The van der Waals surface area contributed by atoms with Gasteiger partial charge in [-0.2, -0.15) is 0 Å². The molecule has 0 spiro atoms. The first-order valence-corrected chi connectivity index (χ1v) is 6.45. The number of nitro groups is 1. The Morgan fingerprint density at radius 3 is 2.76 bits per heavy atom. The number of ether oxygens (including phenoxy) is 1. The first kappa shape index (κ1) is 14.9. The van der Waals surface area contributed by atoms with Gasteiger partial charge in [-0.3, -0.25) is 10.1 Å². The average Bonchev–Trinajstić information content (AvgIpc) is 2.43. The molecule has 0 unspecified atom stereocenters. The molecule has 0 N–H and O–H groups in total. The number of aryl methyl sites for hydroxylation is 1. The van der Waals surface area contributed by atoms with Gasteiger partial charge in [0.1, 0.15) is 0 Å². The first-order valence-electron chi connectivity index (χ1n) is 6.07.